The number of pyridine rings is 1. The van der Waals surface area contributed by atoms with E-state index in [0.29, 0.717) is 33.4 Å². The van der Waals surface area contributed by atoms with E-state index in [2.05, 4.69) is 26.0 Å². The van der Waals surface area contributed by atoms with Crippen molar-refractivity contribution in [3.05, 3.63) is 70.0 Å². The average Bonchev–Trinajstić information content (AvgIpc) is 3.12. The van der Waals surface area contributed by atoms with E-state index >= 15 is 0 Å². The maximum absolute atomic E-state index is 11.8. The monoisotopic (exact) mass is 456 g/mol. The van der Waals surface area contributed by atoms with Crippen molar-refractivity contribution in [2.45, 2.75) is 6.92 Å². The van der Waals surface area contributed by atoms with Crippen LogP contribution in [0.3, 0.4) is 0 Å². The van der Waals surface area contributed by atoms with Gasteiger partial charge in [-0.05, 0) is 42.8 Å². The number of ketones is 1. The molecule has 2 aromatic carbocycles. The number of halogens is 2. The van der Waals surface area contributed by atoms with E-state index in [0.717, 1.165) is 15.6 Å². The number of aromatic nitrogens is 3. The summed E-state index contributed by atoms with van der Waals surface area (Å²) in [5, 5.41) is 4.47. The Kier molecular flexibility index (Phi) is 4.78. The molecule has 2 heterocycles. The average molecular weight is 458 g/mol. The molecule has 0 aliphatic heterocycles. The van der Waals surface area contributed by atoms with Crippen LogP contribution in [0.5, 0.6) is 11.5 Å². The fourth-order valence-corrected chi connectivity index (χ4v) is 3.56. The molecular weight excluding hydrogens is 444 g/mol. The molecule has 0 saturated heterocycles. The fraction of sp³-hybridized carbons (Fsp3) is 0.0500. The van der Waals surface area contributed by atoms with E-state index in [1.165, 1.54) is 13.3 Å². The molecule has 0 aliphatic carbocycles. The summed E-state index contributed by atoms with van der Waals surface area (Å²) in [6.45, 7) is 1.48. The van der Waals surface area contributed by atoms with Crippen LogP contribution >= 0.6 is 27.5 Å². The van der Waals surface area contributed by atoms with Gasteiger partial charge >= 0.3 is 0 Å². The third kappa shape index (κ3) is 3.46. The topological polar surface area (TPSA) is 82.5 Å². The molecule has 0 bridgehead atoms. The molecule has 2 aromatic heterocycles. The lowest BCUT2D eigenvalue weighted by Gasteiger charge is -2.13. The third-order valence-corrected chi connectivity index (χ3v) is 5.00. The van der Waals surface area contributed by atoms with Crippen molar-refractivity contribution in [3.8, 4) is 22.6 Å². The van der Waals surface area contributed by atoms with Gasteiger partial charge in [0.15, 0.2) is 11.4 Å². The van der Waals surface area contributed by atoms with Gasteiger partial charge in [0.1, 0.15) is 17.8 Å². The molecule has 6 nitrogen and oxygen atoms in total. The van der Waals surface area contributed by atoms with Gasteiger partial charge in [-0.25, -0.2) is 9.50 Å². The predicted octanol–water partition coefficient (Wildman–Crippen LogP) is 5.39. The summed E-state index contributed by atoms with van der Waals surface area (Å²) in [5.74, 6) is 0.987. The Morgan fingerprint density at radius 3 is 2.79 bits per heavy atom. The number of nitrogen functional groups attached to an aromatic ring is 1. The molecule has 28 heavy (non-hydrogen) atoms. The van der Waals surface area contributed by atoms with Crippen molar-refractivity contribution in [1.29, 1.82) is 0 Å². The smallest absolute Gasteiger partial charge is 0.161 e. The number of benzene rings is 2. The highest BCUT2D eigenvalue weighted by atomic mass is 79.9. The molecule has 140 valence electrons. The summed E-state index contributed by atoms with van der Waals surface area (Å²) in [5.41, 5.74) is 9.26. The Hall–Kier alpha value is -2.90. The summed E-state index contributed by atoms with van der Waals surface area (Å²) in [6, 6.07) is 12.5. The molecule has 0 aliphatic rings. The van der Waals surface area contributed by atoms with Crippen molar-refractivity contribution in [1.82, 2.24) is 14.6 Å². The summed E-state index contributed by atoms with van der Waals surface area (Å²) in [7, 11) is 0. The summed E-state index contributed by atoms with van der Waals surface area (Å²) in [4.78, 5) is 16.0. The maximum Gasteiger partial charge on any atom is 0.161 e. The van der Waals surface area contributed by atoms with E-state index < -0.39 is 0 Å². The second-order valence-corrected chi connectivity index (χ2v) is 7.47. The van der Waals surface area contributed by atoms with Crippen LogP contribution in [0.15, 0.2) is 59.5 Å². The lowest BCUT2D eigenvalue weighted by molar-refractivity contribution is 0.101. The van der Waals surface area contributed by atoms with Gasteiger partial charge in [0, 0.05) is 27.9 Å². The van der Waals surface area contributed by atoms with E-state index in [4.69, 9.17) is 22.1 Å². The van der Waals surface area contributed by atoms with Gasteiger partial charge in [0.05, 0.1) is 10.7 Å². The summed E-state index contributed by atoms with van der Waals surface area (Å²) < 4.78 is 8.29. The van der Waals surface area contributed by atoms with Gasteiger partial charge in [-0.1, -0.05) is 33.6 Å². The van der Waals surface area contributed by atoms with Gasteiger partial charge in [-0.15, -0.1) is 0 Å². The Labute approximate surface area is 174 Å². The molecule has 0 amide bonds. The van der Waals surface area contributed by atoms with E-state index in [1.807, 2.05) is 12.1 Å². The first-order valence-corrected chi connectivity index (χ1v) is 9.46. The number of fused-ring (bicyclic) bond motifs is 1. The molecule has 0 spiro atoms. The maximum atomic E-state index is 11.8. The minimum Gasteiger partial charge on any atom is -0.456 e. The Morgan fingerprint density at radius 1 is 1.21 bits per heavy atom. The second-order valence-electron chi connectivity index (χ2n) is 6.14. The minimum atomic E-state index is -0.102. The van der Waals surface area contributed by atoms with Gasteiger partial charge in [-0.3, -0.25) is 4.79 Å². The quantitative estimate of drug-likeness (QED) is 0.328. The predicted molar refractivity (Wildman–Crippen MR) is 112 cm³/mol. The van der Waals surface area contributed by atoms with Gasteiger partial charge in [-0.2, -0.15) is 5.10 Å². The van der Waals surface area contributed by atoms with E-state index in [-0.39, 0.29) is 5.78 Å². The number of Topliss-reactive ketones (excluding diaryl/α,β-unsaturated/α-hetero) is 1. The fourth-order valence-electron chi connectivity index (χ4n) is 2.89. The van der Waals surface area contributed by atoms with Gasteiger partial charge in [0.25, 0.3) is 0 Å². The normalized spacial score (nSPS) is 11.0. The highest BCUT2D eigenvalue weighted by Gasteiger charge is 2.14. The van der Waals surface area contributed by atoms with Crippen molar-refractivity contribution in [2.24, 2.45) is 0 Å². The number of nitrogens with two attached hydrogens (primary N) is 1. The van der Waals surface area contributed by atoms with Crippen LogP contribution in [-0.4, -0.2) is 20.4 Å². The van der Waals surface area contributed by atoms with Crippen LogP contribution in [-0.2, 0) is 0 Å². The molecule has 4 rings (SSSR count). The van der Waals surface area contributed by atoms with Crippen LogP contribution in [0, 0.1) is 0 Å². The van der Waals surface area contributed by atoms with E-state index in [1.54, 1.807) is 41.0 Å². The van der Waals surface area contributed by atoms with Crippen LogP contribution in [0.2, 0.25) is 5.02 Å². The SMILES string of the molecule is CC(=O)c1cc(Br)cc(-c2ccc(Oc3ccn4ncnc4c3)c(Cl)c2)c1N. The first-order valence-electron chi connectivity index (χ1n) is 8.29. The molecule has 0 radical (unpaired) electrons. The lowest BCUT2D eigenvalue weighted by Crippen LogP contribution is -2.02. The lowest BCUT2D eigenvalue weighted by atomic mass is 9.98. The van der Waals surface area contributed by atoms with Crippen LogP contribution < -0.4 is 10.5 Å². The Bertz CT molecular complexity index is 1220. The molecular formula is C20H14BrClN4O2. The standard InChI is InChI=1S/C20H14BrClN4O2/c1-11(27)15-7-13(21)8-16(20(15)23)12-2-3-18(17(22)6-12)28-14-4-5-26-19(9-14)24-10-25-26/h2-10H,23H2,1H3. The number of hydrogen-bond acceptors (Lipinski definition) is 5. The second kappa shape index (κ2) is 7.26. The number of nitrogens with zero attached hydrogens (tertiary/aromatic N) is 3. The molecule has 8 heteroatoms. The Balaban J connectivity index is 1.69. The number of carbonyl (C=O) groups is 1. The molecule has 0 fully saturated rings. The minimum absolute atomic E-state index is 0.102. The third-order valence-electron chi connectivity index (χ3n) is 4.25. The molecule has 4 aromatic rings. The van der Waals surface area contributed by atoms with Crippen LogP contribution in [0.1, 0.15) is 17.3 Å². The molecule has 0 unspecified atom stereocenters. The zero-order valence-electron chi connectivity index (χ0n) is 14.7. The highest BCUT2D eigenvalue weighted by Crippen LogP contribution is 2.37. The van der Waals surface area contributed by atoms with Crippen LogP contribution in [0.4, 0.5) is 5.69 Å². The van der Waals surface area contributed by atoms with Crippen molar-refractivity contribution in [2.75, 3.05) is 5.73 Å². The number of hydrogen-bond donors (Lipinski definition) is 1. The molecule has 0 saturated carbocycles. The van der Waals surface area contributed by atoms with Crippen molar-refractivity contribution >= 4 is 44.6 Å². The zero-order chi connectivity index (χ0) is 19.8. The molecule has 0 atom stereocenters. The number of carbonyl (C=O) groups excluding carboxylic acids is 1. The summed E-state index contributed by atoms with van der Waals surface area (Å²) >= 11 is 9.87. The number of rotatable bonds is 4. The van der Waals surface area contributed by atoms with Gasteiger partial charge in [0.2, 0.25) is 0 Å². The highest BCUT2D eigenvalue weighted by molar-refractivity contribution is 9.10. The number of ether oxygens (including phenoxy) is 1. The molecule has 2 N–H and O–H groups in total. The van der Waals surface area contributed by atoms with E-state index in [9.17, 15) is 4.79 Å². The van der Waals surface area contributed by atoms with Crippen LogP contribution in [0.25, 0.3) is 16.8 Å². The number of anilines is 1. The largest absolute Gasteiger partial charge is 0.456 e. The van der Waals surface area contributed by atoms with Crippen molar-refractivity contribution in [3.63, 3.8) is 0 Å². The first-order chi connectivity index (χ1) is 13.4. The Morgan fingerprint density at radius 2 is 2.04 bits per heavy atom. The van der Waals surface area contributed by atoms with Crippen molar-refractivity contribution < 1.29 is 9.53 Å². The van der Waals surface area contributed by atoms with Gasteiger partial charge < -0.3 is 10.5 Å². The summed E-state index contributed by atoms with van der Waals surface area (Å²) in [6.07, 6.45) is 3.23. The zero-order valence-corrected chi connectivity index (χ0v) is 17.0. The first kappa shape index (κ1) is 18.5.